The number of rotatable bonds is 3. The van der Waals surface area contributed by atoms with Crippen molar-refractivity contribution in [2.75, 3.05) is 20.3 Å². The first-order valence-corrected chi connectivity index (χ1v) is 5.64. The maximum Gasteiger partial charge on any atom is 0.0772 e. The molecule has 0 bridgehead atoms. The van der Waals surface area contributed by atoms with Crippen LogP contribution in [0.25, 0.3) is 0 Å². The van der Waals surface area contributed by atoms with Crippen LogP contribution in [0.15, 0.2) is 0 Å². The standard InChI is InChI=1S/C9H15N3OS/c1-6-9(14-12-11-6)8(10-2)7-3-4-13-5-7/h7-8,10H,3-5H2,1-2H3. The maximum atomic E-state index is 5.40. The third-order valence-electron chi connectivity index (χ3n) is 2.72. The zero-order valence-corrected chi connectivity index (χ0v) is 9.30. The Hall–Kier alpha value is -0.520. The summed E-state index contributed by atoms with van der Waals surface area (Å²) in [4.78, 5) is 1.25. The van der Waals surface area contributed by atoms with Crippen molar-refractivity contribution in [2.24, 2.45) is 5.92 Å². The van der Waals surface area contributed by atoms with Crippen LogP contribution in [0.3, 0.4) is 0 Å². The first-order valence-electron chi connectivity index (χ1n) is 4.86. The number of aryl methyl sites for hydroxylation is 1. The molecule has 14 heavy (non-hydrogen) atoms. The van der Waals surface area contributed by atoms with Gasteiger partial charge in [0.1, 0.15) is 0 Å². The van der Waals surface area contributed by atoms with Crippen molar-refractivity contribution in [1.82, 2.24) is 14.9 Å². The molecule has 1 aliphatic rings. The number of hydrogen-bond acceptors (Lipinski definition) is 5. The predicted octanol–water partition coefficient (Wildman–Crippen LogP) is 1.14. The molecular formula is C9H15N3OS. The topological polar surface area (TPSA) is 47.0 Å². The van der Waals surface area contributed by atoms with Crippen molar-refractivity contribution in [3.8, 4) is 0 Å². The Morgan fingerprint density at radius 2 is 2.50 bits per heavy atom. The Balaban J connectivity index is 2.16. The summed E-state index contributed by atoms with van der Waals surface area (Å²) in [6.45, 7) is 3.75. The molecular weight excluding hydrogens is 198 g/mol. The van der Waals surface area contributed by atoms with Gasteiger partial charge in [-0.2, -0.15) is 0 Å². The van der Waals surface area contributed by atoms with E-state index in [1.54, 1.807) is 0 Å². The van der Waals surface area contributed by atoms with Crippen LogP contribution in [0.4, 0.5) is 0 Å². The quantitative estimate of drug-likeness (QED) is 0.818. The summed E-state index contributed by atoms with van der Waals surface area (Å²) in [6.07, 6.45) is 1.13. The van der Waals surface area contributed by atoms with Gasteiger partial charge < -0.3 is 10.1 Å². The molecule has 1 N–H and O–H groups in total. The van der Waals surface area contributed by atoms with Crippen LogP contribution < -0.4 is 5.32 Å². The first kappa shape index (κ1) is 10.0. The average Bonchev–Trinajstić information content (AvgIpc) is 2.80. The highest BCUT2D eigenvalue weighted by atomic mass is 32.1. The van der Waals surface area contributed by atoms with E-state index in [1.807, 2.05) is 14.0 Å². The summed E-state index contributed by atoms with van der Waals surface area (Å²) in [5, 5.41) is 7.38. The van der Waals surface area contributed by atoms with Gasteiger partial charge in [0.2, 0.25) is 0 Å². The van der Waals surface area contributed by atoms with E-state index in [2.05, 4.69) is 14.9 Å². The summed E-state index contributed by atoms with van der Waals surface area (Å²) >= 11 is 1.49. The van der Waals surface area contributed by atoms with Crippen molar-refractivity contribution in [3.63, 3.8) is 0 Å². The smallest absolute Gasteiger partial charge is 0.0772 e. The number of hydrogen-bond donors (Lipinski definition) is 1. The fraction of sp³-hybridized carbons (Fsp3) is 0.778. The van der Waals surface area contributed by atoms with Crippen molar-refractivity contribution in [3.05, 3.63) is 10.6 Å². The average molecular weight is 213 g/mol. The molecule has 2 atom stereocenters. The second-order valence-corrected chi connectivity index (χ2v) is 4.40. The van der Waals surface area contributed by atoms with E-state index in [9.17, 15) is 0 Å². The van der Waals surface area contributed by atoms with Gasteiger partial charge in [0.25, 0.3) is 0 Å². The highest BCUT2D eigenvalue weighted by Gasteiger charge is 2.28. The molecule has 5 heteroatoms. The van der Waals surface area contributed by atoms with Crippen LogP contribution >= 0.6 is 11.5 Å². The lowest BCUT2D eigenvalue weighted by molar-refractivity contribution is 0.178. The van der Waals surface area contributed by atoms with Crippen LogP contribution in [0.5, 0.6) is 0 Å². The van der Waals surface area contributed by atoms with Gasteiger partial charge >= 0.3 is 0 Å². The Morgan fingerprint density at radius 3 is 3.00 bits per heavy atom. The Kier molecular flexibility index (Phi) is 3.10. The summed E-state index contributed by atoms with van der Waals surface area (Å²) < 4.78 is 9.37. The van der Waals surface area contributed by atoms with E-state index in [0.29, 0.717) is 12.0 Å². The molecule has 0 spiro atoms. The molecule has 0 amide bonds. The molecule has 0 aliphatic carbocycles. The third kappa shape index (κ3) is 1.80. The summed E-state index contributed by atoms with van der Waals surface area (Å²) in [7, 11) is 1.99. The molecule has 0 aromatic carbocycles. The summed E-state index contributed by atoms with van der Waals surface area (Å²) in [5.41, 5.74) is 1.04. The van der Waals surface area contributed by atoms with Gasteiger partial charge in [0.05, 0.1) is 17.2 Å². The fourth-order valence-corrected chi connectivity index (χ4v) is 2.77. The van der Waals surface area contributed by atoms with Crippen LogP contribution in [0, 0.1) is 12.8 Å². The Labute approximate surface area is 87.8 Å². The molecule has 78 valence electrons. The van der Waals surface area contributed by atoms with Crippen molar-refractivity contribution in [2.45, 2.75) is 19.4 Å². The molecule has 0 saturated carbocycles. The van der Waals surface area contributed by atoms with Gasteiger partial charge in [0.15, 0.2) is 0 Å². The van der Waals surface area contributed by atoms with E-state index in [4.69, 9.17) is 4.74 Å². The minimum Gasteiger partial charge on any atom is -0.381 e. The van der Waals surface area contributed by atoms with Gasteiger partial charge in [-0.05, 0) is 31.9 Å². The summed E-state index contributed by atoms with van der Waals surface area (Å²) in [6, 6.07) is 0.359. The van der Waals surface area contributed by atoms with E-state index >= 15 is 0 Å². The monoisotopic (exact) mass is 213 g/mol. The van der Waals surface area contributed by atoms with Crippen molar-refractivity contribution >= 4 is 11.5 Å². The van der Waals surface area contributed by atoms with Crippen molar-refractivity contribution in [1.29, 1.82) is 0 Å². The van der Waals surface area contributed by atoms with Crippen molar-refractivity contribution < 1.29 is 4.74 Å². The molecule has 1 fully saturated rings. The zero-order valence-electron chi connectivity index (χ0n) is 8.49. The summed E-state index contributed by atoms with van der Waals surface area (Å²) in [5.74, 6) is 0.570. The maximum absolute atomic E-state index is 5.40. The van der Waals surface area contributed by atoms with Gasteiger partial charge in [-0.25, -0.2) is 0 Å². The van der Waals surface area contributed by atoms with Gasteiger partial charge in [-0.15, -0.1) is 5.10 Å². The Morgan fingerprint density at radius 1 is 1.64 bits per heavy atom. The minimum atomic E-state index is 0.359. The molecule has 2 rings (SSSR count). The normalized spacial score (nSPS) is 24.0. The van der Waals surface area contributed by atoms with E-state index in [0.717, 1.165) is 25.3 Å². The first-order chi connectivity index (χ1) is 6.83. The molecule has 2 heterocycles. The van der Waals surface area contributed by atoms with Crippen LogP contribution in [0.1, 0.15) is 23.0 Å². The molecule has 4 nitrogen and oxygen atoms in total. The van der Waals surface area contributed by atoms with E-state index in [-0.39, 0.29) is 0 Å². The van der Waals surface area contributed by atoms with Crippen LogP contribution in [-0.4, -0.2) is 29.8 Å². The second kappa shape index (κ2) is 4.33. The lowest BCUT2D eigenvalue weighted by Crippen LogP contribution is -2.25. The van der Waals surface area contributed by atoms with E-state index < -0.39 is 0 Å². The zero-order chi connectivity index (χ0) is 9.97. The second-order valence-electron chi connectivity index (χ2n) is 3.61. The number of nitrogens with one attached hydrogen (secondary N) is 1. The van der Waals surface area contributed by atoms with Gasteiger partial charge in [-0.1, -0.05) is 4.49 Å². The largest absolute Gasteiger partial charge is 0.381 e. The molecule has 1 aliphatic heterocycles. The molecule has 1 aromatic rings. The minimum absolute atomic E-state index is 0.359. The SMILES string of the molecule is CNC(c1snnc1C)C1CCOC1. The van der Waals surface area contributed by atoms with Crippen LogP contribution in [-0.2, 0) is 4.74 Å². The molecule has 2 unspecified atom stereocenters. The Bertz CT molecular complexity index is 296. The lowest BCUT2D eigenvalue weighted by Gasteiger charge is -2.20. The number of ether oxygens (including phenoxy) is 1. The third-order valence-corrected chi connectivity index (χ3v) is 3.63. The van der Waals surface area contributed by atoms with E-state index in [1.165, 1.54) is 16.4 Å². The number of nitrogens with zero attached hydrogens (tertiary/aromatic N) is 2. The van der Waals surface area contributed by atoms with Gasteiger partial charge in [-0.3, -0.25) is 0 Å². The predicted molar refractivity (Wildman–Crippen MR) is 55.4 cm³/mol. The number of aromatic nitrogens is 2. The molecule has 0 radical (unpaired) electrons. The highest BCUT2D eigenvalue weighted by Crippen LogP contribution is 2.31. The van der Waals surface area contributed by atoms with Gasteiger partial charge in [0, 0.05) is 18.6 Å². The molecule has 1 aromatic heterocycles. The highest BCUT2D eigenvalue weighted by molar-refractivity contribution is 7.05. The fourth-order valence-electron chi connectivity index (χ4n) is 1.92. The molecule has 1 saturated heterocycles. The lowest BCUT2D eigenvalue weighted by atomic mass is 9.97. The van der Waals surface area contributed by atoms with Crippen LogP contribution in [0.2, 0.25) is 0 Å².